The number of methoxy groups -OCH3 is 1. The number of fused-ring (bicyclic) bond motifs is 3. The molecule has 182 valence electrons. The lowest BCUT2D eigenvalue weighted by Gasteiger charge is -2.22. The SMILES string of the molecule is CCCN(CCCNc1c2ccc(Cl)cc2nc2ccc(OC)cc12)Cc1ccc2c(c1)OCO2. The van der Waals surface area contributed by atoms with Gasteiger partial charge < -0.3 is 19.5 Å². The molecule has 2 heterocycles. The maximum atomic E-state index is 6.26. The van der Waals surface area contributed by atoms with Gasteiger partial charge in [-0.1, -0.05) is 24.6 Å². The zero-order chi connectivity index (χ0) is 24.2. The van der Waals surface area contributed by atoms with Crippen LogP contribution >= 0.6 is 11.6 Å². The molecule has 0 spiro atoms. The molecule has 4 aromatic rings. The summed E-state index contributed by atoms with van der Waals surface area (Å²) in [6.45, 7) is 6.30. The van der Waals surface area contributed by atoms with Crippen molar-refractivity contribution in [2.75, 3.05) is 38.9 Å². The first-order chi connectivity index (χ1) is 17.1. The molecule has 3 aromatic carbocycles. The number of pyridine rings is 1. The molecule has 1 aliphatic heterocycles. The van der Waals surface area contributed by atoms with Gasteiger partial charge in [-0.3, -0.25) is 4.90 Å². The Labute approximate surface area is 210 Å². The van der Waals surface area contributed by atoms with Gasteiger partial charge in [-0.15, -0.1) is 0 Å². The summed E-state index contributed by atoms with van der Waals surface area (Å²) < 4.78 is 16.5. The van der Waals surface area contributed by atoms with Crippen molar-refractivity contribution < 1.29 is 14.2 Å². The van der Waals surface area contributed by atoms with E-state index in [-0.39, 0.29) is 0 Å². The van der Waals surface area contributed by atoms with Gasteiger partial charge in [0.05, 0.1) is 23.8 Å². The predicted octanol–water partition coefficient (Wildman–Crippen LogP) is 6.49. The van der Waals surface area contributed by atoms with Gasteiger partial charge in [0.15, 0.2) is 11.5 Å². The van der Waals surface area contributed by atoms with Gasteiger partial charge >= 0.3 is 0 Å². The Morgan fingerprint density at radius 2 is 1.86 bits per heavy atom. The summed E-state index contributed by atoms with van der Waals surface area (Å²) >= 11 is 6.26. The molecule has 1 aromatic heterocycles. The number of hydrogen-bond donors (Lipinski definition) is 1. The van der Waals surface area contributed by atoms with E-state index in [9.17, 15) is 0 Å². The summed E-state index contributed by atoms with van der Waals surface area (Å²) in [4.78, 5) is 7.31. The molecule has 0 aliphatic carbocycles. The first-order valence-corrected chi connectivity index (χ1v) is 12.4. The molecular weight excluding hydrogens is 462 g/mol. The highest BCUT2D eigenvalue weighted by Crippen LogP contribution is 2.35. The Bertz CT molecular complexity index is 1340. The number of aromatic nitrogens is 1. The van der Waals surface area contributed by atoms with Crippen molar-refractivity contribution in [3.8, 4) is 17.2 Å². The molecule has 35 heavy (non-hydrogen) atoms. The number of nitrogens with zero attached hydrogens (tertiary/aromatic N) is 2. The smallest absolute Gasteiger partial charge is 0.231 e. The first-order valence-electron chi connectivity index (χ1n) is 12.1. The average molecular weight is 492 g/mol. The molecule has 0 saturated heterocycles. The number of anilines is 1. The van der Waals surface area contributed by atoms with Crippen LogP contribution in [0.2, 0.25) is 5.02 Å². The minimum atomic E-state index is 0.305. The molecule has 1 N–H and O–H groups in total. The lowest BCUT2D eigenvalue weighted by molar-refractivity contribution is 0.174. The van der Waals surface area contributed by atoms with Crippen LogP contribution in [-0.2, 0) is 6.54 Å². The normalized spacial score (nSPS) is 12.6. The van der Waals surface area contributed by atoms with Crippen molar-refractivity contribution >= 4 is 39.1 Å². The zero-order valence-electron chi connectivity index (χ0n) is 20.1. The second kappa shape index (κ2) is 10.6. The zero-order valence-corrected chi connectivity index (χ0v) is 20.9. The van der Waals surface area contributed by atoms with E-state index >= 15 is 0 Å². The standard InChI is InChI=1S/C28H30ClN3O3/c1-3-12-32(17-19-5-10-26-27(14-19)35-18-34-26)13-4-11-30-28-22-8-6-20(29)15-25(22)31-24-9-7-21(33-2)16-23(24)28/h5-10,14-16H,3-4,11-13,17-18H2,1-2H3,(H,30,31). The highest BCUT2D eigenvalue weighted by molar-refractivity contribution is 6.31. The van der Waals surface area contributed by atoms with E-state index in [2.05, 4.69) is 29.3 Å². The largest absolute Gasteiger partial charge is 0.497 e. The molecule has 0 amide bonds. The highest BCUT2D eigenvalue weighted by atomic mass is 35.5. The summed E-state index contributed by atoms with van der Waals surface area (Å²) in [5.41, 5.74) is 4.11. The van der Waals surface area contributed by atoms with E-state index in [1.807, 2.05) is 42.5 Å². The van der Waals surface area contributed by atoms with Crippen molar-refractivity contribution in [2.24, 2.45) is 0 Å². The lowest BCUT2D eigenvalue weighted by Crippen LogP contribution is -2.26. The van der Waals surface area contributed by atoms with Gasteiger partial charge in [0.25, 0.3) is 0 Å². The van der Waals surface area contributed by atoms with Crippen LogP contribution in [0, 0.1) is 0 Å². The van der Waals surface area contributed by atoms with Crippen LogP contribution in [0.15, 0.2) is 54.6 Å². The second-order valence-electron chi connectivity index (χ2n) is 8.78. The third-order valence-electron chi connectivity index (χ3n) is 6.28. The maximum absolute atomic E-state index is 6.26. The Morgan fingerprint density at radius 3 is 2.71 bits per heavy atom. The highest BCUT2D eigenvalue weighted by Gasteiger charge is 2.15. The summed E-state index contributed by atoms with van der Waals surface area (Å²) in [7, 11) is 1.69. The quantitative estimate of drug-likeness (QED) is 0.202. The van der Waals surface area contributed by atoms with Crippen LogP contribution in [0.1, 0.15) is 25.3 Å². The monoisotopic (exact) mass is 491 g/mol. The van der Waals surface area contributed by atoms with Crippen LogP contribution in [0.5, 0.6) is 17.2 Å². The number of benzene rings is 3. The molecule has 6 nitrogen and oxygen atoms in total. The van der Waals surface area contributed by atoms with Gasteiger partial charge in [-0.05, 0) is 73.5 Å². The van der Waals surface area contributed by atoms with E-state index in [0.29, 0.717) is 11.8 Å². The van der Waals surface area contributed by atoms with E-state index in [1.54, 1.807) is 7.11 Å². The first kappa shape index (κ1) is 23.5. The van der Waals surface area contributed by atoms with Crippen molar-refractivity contribution in [3.63, 3.8) is 0 Å². The van der Waals surface area contributed by atoms with Gasteiger partial charge in [-0.25, -0.2) is 4.98 Å². The summed E-state index contributed by atoms with van der Waals surface area (Å²) in [5, 5.41) is 6.48. The van der Waals surface area contributed by atoms with Crippen molar-refractivity contribution in [1.29, 1.82) is 0 Å². The van der Waals surface area contributed by atoms with Crippen molar-refractivity contribution in [2.45, 2.75) is 26.3 Å². The van der Waals surface area contributed by atoms with E-state index < -0.39 is 0 Å². The summed E-state index contributed by atoms with van der Waals surface area (Å²) in [6.07, 6.45) is 2.12. The average Bonchev–Trinajstić information content (AvgIpc) is 3.33. The molecular formula is C28H30ClN3O3. The second-order valence-corrected chi connectivity index (χ2v) is 9.21. The van der Waals surface area contributed by atoms with E-state index in [4.69, 9.17) is 30.8 Å². The molecule has 0 unspecified atom stereocenters. The molecule has 0 saturated carbocycles. The van der Waals surface area contributed by atoms with Crippen molar-refractivity contribution in [3.05, 3.63) is 65.2 Å². The molecule has 0 atom stereocenters. The Morgan fingerprint density at radius 1 is 0.971 bits per heavy atom. The van der Waals surface area contributed by atoms with E-state index in [1.165, 1.54) is 5.56 Å². The van der Waals surface area contributed by atoms with E-state index in [0.717, 1.165) is 83.8 Å². The third-order valence-corrected chi connectivity index (χ3v) is 6.51. The third kappa shape index (κ3) is 5.24. The fourth-order valence-corrected chi connectivity index (χ4v) is 4.78. The van der Waals surface area contributed by atoms with Crippen LogP contribution in [0.3, 0.4) is 0 Å². The van der Waals surface area contributed by atoms with Gasteiger partial charge in [0.2, 0.25) is 6.79 Å². The number of hydrogen-bond acceptors (Lipinski definition) is 6. The molecule has 7 heteroatoms. The van der Waals surface area contributed by atoms with Gasteiger partial charge in [0, 0.05) is 35.4 Å². The Kier molecular flexibility index (Phi) is 7.11. The fraction of sp³-hybridized carbons (Fsp3) is 0.321. The van der Waals surface area contributed by atoms with Crippen LogP contribution in [0.4, 0.5) is 5.69 Å². The molecule has 0 radical (unpaired) electrons. The van der Waals surface area contributed by atoms with Gasteiger partial charge in [0.1, 0.15) is 5.75 Å². The molecule has 0 fully saturated rings. The number of nitrogens with one attached hydrogen (secondary N) is 1. The van der Waals surface area contributed by atoms with Crippen LogP contribution < -0.4 is 19.5 Å². The molecule has 5 rings (SSSR count). The Balaban J connectivity index is 1.30. The minimum Gasteiger partial charge on any atom is -0.497 e. The fourth-order valence-electron chi connectivity index (χ4n) is 4.61. The lowest BCUT2D eigenvalue weighted by atomic mass is 10.1. The summed E-state index contributed by atoms with van der Waals surface area (Å²) in [5.74, 6) is 2.48. The number of rotatable bonds is 10. The predicted molar refractivity (Wildman–Crippen MR) is 142 cm³/mol. The van der Waals surface area contributed by atoms with Crippen LogP contribution in [-0.4, -0.2) is 43.4 Å². The maximum Gasteiger partial charge on any atom is 0.231 e. The van der Waals surface area contributed by atoms with Crippen LogP contribution in [0.25, 0.3) is 21.8 Å². The number of ether oxygens (including phenoxy) is 3. The number of halogens is 1. The topological polar surface area (TPSA) is 55.9 Å². The summed E-state index contributed by atoms with van der Waals surface area (Å²) in [6, 6.07) is 18.1. The molecule has 0 bridgehead atoms. The Hall–Kier alpha value is -3.22. The van der Waals surface area contributed by atoms with Crippen molar-refractivity contribution in [1.82, 2.24) is 9.88 Å². The van der Waals surface area contributed by atoms with Gasteiger partial charge in [-0.2, -0.15) is 0 Å². The minimum absolute atomic E-state index is 0.305. The molecule has 1 aliphatic rings.